The van der Waals surface area contributed by atoms with E-state index >= 15 is 0 Å². The quantitative estimate of drug-likeness (QED) is 0.675. The molecule has 0 saturated carbocycles. The average molecular weight is 230 g/mol. The van der Waals surface area contributed by atoms with Crippen LogP contribution in [0.2, 0.25) is 0 Å². The third-order valence-electron chi connectivity index (χ3n) is 3.56. The predicted octanol–water partition coefficient (Wildman–Crippen LogP) is 0.987. The standard InChI is InChI=1S/C13H14N2O2/c1-14-7-6-9(8-14)15-12(16)10-4-2-3-5-11(10)13(15)17/h2-5,9H,6-8H2,1H3/t9-/m1/s1. The van der Waals surface area contributed by atoms with Crippen molar-refractivity contribution in [2.24, 2.45) is 0 Å². The number of likely N-dealkylation sites (tertiary alicyclic amines) is 1. The number of fused-ring (bicyclic) bond motifs is 1. The second kappa shape index (κ2) is 3.67. The van der Waals surface area contributed by atoms with Crippen LogP contribution in [0.4, 0.5) is 0 Å². The molecular formula is C13H14N2O2. The second-order valence-corrected chi connectivity index (χ2v) is 4.73. The molecule has 0 bridgehead atoms. The van der Waals surface area contributed by atoms with Gasteiger partial charge in [-0.05, 0) is 32.1 Å². The number of imide groups is 1. The maximum atomic E-state index is 12.2. The molecule has 2 aliphatic heterocycles. The number of rotatable bonds is 1. The number of benzene rings is 1. The number of likely N-dealkylation sites (N-methyl/N-ethyl adjacent to an activating group) is 1. The van der Waals surface area contributed by atoms with Crippen molar-refractivity contribution >= 4 is 11.8 Å². The molecule has 2 amide bonds. The molecule has 4 nitrogen and oxygen atoms in total. The lowest BCUT2D eigenvalue weighted by atomic mass is 10.1. The van der Waals surface area contributed by atoms with Gasteiger partial charge in [-0.1, -0.05) is 12.1 Å². The Balaban J connectivity index is 1.95. The van der Waals surface area contributed by atoms with E-state index in [-0.39, 0.29) is 17.9 Å². The summed E-state index contributed by atoms with van der Waals surface area (Å²) < 4.78 is 0. The summed E-state index contributed by atoms with van der Waals surface area (Å²) in [6, 6.07) is 7.10. The zero-order valence-corrected chi connectivity index (χ0v) is 9.72. The molecule has 0 aliphatic carbocycles. The molecule has 4 heteroatoms. The smallest absolute Gasteiger partial charge is 0.261 e. The van der Waals surface area contributed by atoms with E-state index in [0.29, 0.717) is 11.1 Å². The van der Waals surface area contributed by atoms with E-state index in [2.05, 4.69) is 4.90 Å². The van der Waals surface area contributed by atoms with Gasteiger partial charge in [0.05, 0.1) is 17.2 Å². The first-order chi connectivity index (χ1) is 8.18. The Morgan fingerprint density at radius 3 is 2.18 bits per heavy atom. The zero-order valence-electron chi connectivity index (χ0n) is 9.72. The Bertz CT molecular complexity index is 463. The normalized spacial score (nSPS) is 24.5. The van der Waals surface area contributed by atoms with Gasteiger partial charge < -0.3 is 4.90 Å². The van der Waals surface area contributed by atoms with Crippen molar-refractivity contribution < 1.29 is 9.59 Å². The molecule has 2 aliphatic rings. The number of amides is 2. The van der Waals surface area contributed by atoms with Crippen LogP contribution in [0, 0.1) is 0 Å². The Hall–Kier alpha value is -1.68. The predicted molar refractivity (Wildman–Crippen MR) is 62.8 cm³/mol. The van der Waals surface area contributed by atoms with Gasteiger partial charge in [0.25, 0.3) is 11.8 Å². The number of hydrogen-bond donors (Lipinski definition) is 0. The van der Waals surface area contributed by atoms with Gasteiger partial charge in [-0.3, -0.25) is 14.5 Å². The Morgan fingerprint density at radius 1 is 1.12 bits per heavy atom. The molecule has 1 saturated heterocycles. The van der Waals surface area contributed by atoms with Crippen LogP contribution in [0.15, 0.2) is 24.3 Å². The molecule has 1 aromatic carbocycles. The summed E-state index contributed by atoms with van der Waals surface area (Å²) in [5.74, 6) is -0.267. The molecule has 17 heavy (non-hydrogen) atoms. The average Bonchev–Trinajstić information content (AvgIpc) is 2.84. The summed E-state index contributed by atoms with van der Waals surface area (Å²) >= 11 is 0. The fourth-order valence-electron chi connectivity index (χ4n) is 2.66. The van der Waals surface area contributed by atoms with Gasteiger partial charge >= 0.3 is 0 Å². The fraction of sp³-hybridized carbons (Fsp3) is 0.385. The molecule has 2 heterocycles. The van der Waals surface area contributed by atoms with E-state index in [4.69, 9.17) is 0 Å². The van der Waals surface area contributed by atoms with Gasteiger partial charge in [-0.2, -0.15) is 0 Å². The third-order valence-corrected chi connectivity index (χ3v) is 3.56. The maximum absolute atomic E-state index is 12.2. The summed E-state index contributed by atoms with van der Waals surface area (Å²) in [7, 11) is 2.01. The van der Waals surface area contributed by atoms with Crippen LogP contribution in [0.25, 0.3) is 0 Å². The van der Waals surface area contributed by atoms with E-state index in [9.17, 15) is 9.59 Å². The van der Waals surface area contributed by atoms with Crippen molar-refractivity contribution in [2.45, 2.75) is 12.5 Å². The monoisotopic (exact) mass is 230 g/mol. The highest BCUT2D eigenvalue weighted by Gasteiger charge is 2.41. The van der Waals surface area contributed by atoms with Crippen molar-refractivity contribution in [3.8, 4) is 0 Å². The summed E-state index contributed by atoms with van der Waals surface area (Å²) in [6.07, 6.45) is 0.877. The van der Waals surface area contributed by atoms with Crippen molar-refractivity contribution in [1.82, 2.24) is 9.80 Å². The minimum atomic E-state index is -0.133. The lowest BCUT2D eigenvalue weighted by Crippen LogP contribution is -2.41. The summed E-state index contributed by atoms with van der Waals surface area (Å²) in [5, 5.41) is 0. The second-order valence-electron chi connectivity index (χ2n) is 4.73. The van der Waals surface area contributed by atoms with Crippen molar-refractivity contribution in [3.05, 3.63) is 35.4 Å². The highest BCUT2D eigenvalue weighted by Crippen LogP contribution is 2.27. The van der Waals surface area contributed by atoms with Crippen molar-refractivity contribution in [1.29, 1.82) is 0 Å². The Morgan fingerprint density at radius 2 is 1.71 bits per heavy atom. The number of carbonyl (C=O) groups excluding carboxylic acids is 2. The Kier molecular flexibility index (Phi) is 2.26. The van der Waals surface area contributed by atoms with E-state index < -0.39 is 0 Å². The number of nitrogens with zero attached hydrogens (tertiary/aromatic N) is 2. The van der Waals surface area contributed by atoms with Crippen LogP contribution >= 0.6 is 0 Å². The number of carbonyl (C=O) groups is 2. The molecule has 0 spiro atoms. The maximum Gasteiger partial charge on any atom is 0.261 e. The molecule has 0 N–H and O–H groups in total. The lowest BCUT2D eigenvalue weighted by molar-refractivity contribution is 0.0590. The van der Waals surface area contributed by atoms with Gasteiger partial charge in [-0.15, -0.1) is 0 Å². The van der Waals surface area contributed by atoms with E-state index in [1.165, 1.54) is 4.90 Å². The van der Waals surface area contributed by atoms with Gasteiger partial charge in [0, 0.05) is 6.54 Å². The lowest BCUT2D eigenvalue weighted by Gasteiger charge is -2.21. The molecule has 3 rings (SSSR count). The minimum absolute atomic E-state index is 0.0346. The zero-order chi connectivity index (χ0) is 12.0. The SMILES string of the molecule is CN1CC[C@@H](N2C(=O)c3ccccc3C2=O)C1. The van der Waals surface area contributed by atoms with Crippen LogP contribution in [-0.2, 0) is 0 Å². The molecule has 1 atom stereocenters. The molecular weight excluding hydrogens is 216 g/mol. The largest absolute Gasteiger partial charge is 0.304 e. The first kappa shape index (κ1) is 10.5. The van der Waals surface area contributed by atoms with Gasteiger partial charge in [0.15, 0.2) is 0 Å². The van der Waals surface area contributed by atoms with Gasteiger partial charge in [0.2, 0.25) is 0 Å². The topological polar surface area (TPSA) is 40.6 Å². The molecule has 0 radical (unpaired) electrons. The van der Waals surface area contributed by atoms with E-state index in [1.807, 2.05) is 7.05 Å². The summed E-state index contributed by atoms with van der Waals surface area (Å²) in [5.41, 5.74) is 1.10. The molecule has 88 valence electrons. The van der Waals surface area contributed by atoms with Crippen molar-refractivity contribution in [2.75, 3.05) is 20.1 Å². The first-order valence-corrected chi connectivity index (χ1v) is 5.84. The van der Waals surface area contributed by atoms with E-state index in [1.54, 1.807) is 24.3 Å². The Labute approximate surface area is 99.8 Å². The highest BCUT2D eigenvalue weighted by atomic mass is 16.2. The molecule has 0 unspecified atom stereocenters. The van der Waals surface area contributed by atoms with Crippen LogP contribution in [0.1, 0.15) is 27.1 Å². The van der Waals surface area contributed by atoms with Gasteiger partial charge in [-0.25, -0.2) is 0 Å². The molecule has 1 fully saturated rings. The van der Waals surface area contributed by atoms with Crippen LogP contribution in [0.3, 0.4) is 0 Å². The minimum Gasteiger partial charge on any atom is -0.304 e. The summed E-state index contributed by atoms with van der Waals surface area (Å²) in [6.45, 7) is 1.73. The number of hydrogen-bond acceptors (Lipinski definition) is 3. The van der Waals surface area contributed by atoms with Gasteiger partial charge in [0.1, 0.15) is 0 Å². The first-order valence-electron chi connectivity index (χ1n) is 5.84. The molecule has 1 aromatic rings. The van der Waals surface area contributed by atoms with E-state index in [0.717, 1.165) is 19.5 Å². The van der Waals surface area contributed by atoms with Crippen LogP contribution < -0.4 is 0 Å². The third kappa shape index (κ3) is 1.48. The molecule has 0 aromatic heterocycles. The van der Waals surface area contributed by atoms with Crippen LogP contribution in [0.5, 0.6) is 0 Å². The van der Waals surface area contributed by atoms with Crippen LogP contribution in [-0.4, -0.2) is 47.8 Å². The van der Waals surface area contributed by atoms with Crippen molar-refractivity contribution in [3.63, 3.8) is 0 Å². The summed E-state index contributed by atoms with van der Waals surface area (Å²) in [4.78, 5) is 28.0. The highest BCUT2D eigenvalue weighted by molar-refractivity contribution is 6.21. The fourth-order valence-corrected chi connectivity index (χ4v) is 2.66.